The summed E-state index contributed by atoms with van der Waals surface area (Å²) < 4.78 is 32.6. The van der Waals surface area contributed by atoms with Gasteiger partial charge in [0, 0.05) is 42.6 Å². The van der Waals surface area contributed by atoms with Gasteiger partial charge < -0.3 is 19.6 Å². The number of aromatic amines is 2. The van der Waals surface area contributed by atoms with Crippen molar-refractivity contribution in [2.24, 2.45) is 0 Å². The third kappa shape index (κ3) is 4.11. The zero-order valence-electron chi connectivity index (χ0n) is 17.5. The predicted molar refractivity (Wildman–Crippen MR) is 115 cm³/mol. The fraction of sp³-hybridized carbons (Fsp3) is 0.400. The second-order valence-corrected chi connectivity index (χ2v) is 9.42. The molecule has 0 saturated heterocycles. The van der Waals surface area contributed by atoms with Crippen molar-refractivity contribution in [3.63, 3.8) is 0 Å². The molecule has 0 unspecified atom stereocenters. The Bertz CT molecular complexity index is 1240. The molecule has 0 bridgehead atoms. The van der Waals surface area contributed by atoms with Crippen molar-refractivity contribution in [1.82, 2.24) is 19.2 Å². The molecule has 0 aliphatic heterocycles. The van der Waals surface area contributed by atoms with Crippen molar-refractivity contribution < 1.29 is 17.9 Å². The van der Waals surface area contributed by atoms with Crippen LogP contribution in [-0.4, -0.2) is 74.4 Å². The topological polar surface area (TPSA) is 116 Å². The van der Waals surface area contributed by atoms with Gasteiger partial charge in [0.1, 0.15) is 5.52 Å². The lowest BCUT2D eigenvalue weighted by atomic mass is 10.1. The number of fused-ring (bicyclic) bond motifs is 3. The normalized spacial score (nSPS) is 12.3. The van der Waals surface area contributed by atoms with Gasteiger partial charge in [0.25, 0.3) is 5.56 Å². The van der Waals surface area contributed by atoms with E-state index >= 15 is 0 Å². The second-order valence-electron chi connectivity index (χ2n) is 7.38. The maximum absolute atomic E-state index is 13.0. The highest BCUT2D eigenvalue weighted by Gasteiger charge is 2.23. The van der Waals surface area contributed by atoms with Crippen LogP contribution >= 0.6 is 0 Å². The molecular weight excluding hydrogens is 408 g/mol. The van der Waals surface area contributed by atoms with Crippen molar-refractivity contribution in [3.8, 4) is 0 Å². The summed E-state index contributed by atoms with van der Waals surface area (Å²) in [6, 6.07) is 4.48. The van der Waals surface area contributed by atoms with Crippen LogP contribution in [0.15, 0.2) is 34.1 Å². The van der Waals surface area contributed by atoms with Crippen LogP contribution in [0.3, 0.4) is 0 Å². The number of sulfonamides is 1. The van der Waals surface area contributed by atoms with Crippen molar-refractivity contribution in [2.45, 2.75) is 18.2 Å². The molecule has 30 heavy (non-hydrogen) atoms. The first-order valence-corrected chi connectivity index (χ1v) is 11.1. The second kappa shape index (κ2) is 8.58. The first kappa shape index (κ1) is 22.0. The number of esters is 1. The highest BCUT2D eigenvalue weighted by molar-refractivity contribution is 7.89. The highest BCUT2D eigenvalue weighted by atomic mass is 32.2. The van der Waals surface area contributed by atoms with E-state index in [1.807, 2.05) is 25.9 Å². The number of aromatic nitrogens is 2. The van der Waals surface area contributed by atoms with Crippen LogP contribution in [0.1, 0.15) is 23.7 Å². The molecule has 3 aromatic rings. The van der Waals surface area contributed by atoms with E-state index in [2.05, 4.69) is 9.97 Å². The highest BCUT2D eigenvalue weighted by Crippen LogP contribution is 2.28. The average Bonchev–Trinajstić information content (AvgIpc) is 3.16. The lowest BCUT2D eigenvalue weighted by molar-refractivity contribution is 0.0507. The van der Waals surface area contributed by atoms with Crippen LogP contribution in [0.4, 0.5) is 0 Å². The van der Waals surface area contributed by atoms with Crippen molar-refractivity contribution in [2.75, 3.05) is 40.8 Å². The number of pyridine rings is 1. The van der Waals surface area contributed by atoms with E-state index in [0.717, 1.165) is 0 Å². The lowest BCUT2D eigenvalue weighted by Gasteiger charge is -2.19. The molecule has 3 rings (SSSR count). The van der Waals surface area contributed by atoms with E-state index in [9.17, 15) is 18.0 Å². The van der Waals surface area contributed by atoms with Gasteiger partial charge >= 0.3 is 5.97 Å². The fourth-order valence-corrected chi connectivity index (χ4v) is 4.33. The van der Waals surface area contributed by atoms with Gasteiger partial charge in [0.05, 0.1) is 17.1 Å². The number of hydrogen-bond acceptors (Lipinski definition) is 6. The first-order valence-electron chi connectivity index (χ1n) is 9.62. The zero-order valence-corrected chi connectivity index (χ0v) is 18.3. The van der Waals surface area contributed by atoms with Gasteiger partial charge in [-0.1, -0.05) is 6.92 Å². The summed E-state index contributed by atoms with van der Waals surface area (Å²) in [5.41, 5.74) is 0.434. The number of carbonyl (C=O) groups is 1. The maximum Gasteiger partial charge on any atom is 0.340 e. The van der Waals surface area contributed by atoms with Crippen LogP contribution in [0.2, 0.25) is 0 Å². The Morgan fingerprint density at radius 2 is 1.90 bits per heavy atom. The van der Waals surface area contributed by atoms with Crippen molar-refractivity contribution >= 4 is 37.8 Å². The van der Waals surface area contributed by atoms with E-state index < -0.39 is 21.6 Å². The zero-order chi connectivity index (χ0) is 22.1. The molecule has 9 nitrogen and oxygen atoms in total. The monoisotopic (exact) mass is 434 g/mol. The van der Waals surface area contributed by atoms with Crippen LogP contribution in [0.5, 0.6) is 0 Å². The molecule has 0 radical (unpaired) electrons. The molecule has 0 atom stereocenters. The van der Waals surface area contributed by atoms with Crippen LogP contribution in [0, 0.1) is 0 Å². The number of rotatable bonds is 8. The quantitative estimate of drug-likeness (QED) is 0.522. The minimum atomic E-state index is -3.75. The first-order chi connectivity index (χ1) is 14.2. The number of likely N-dealkylation sites (N-methyl/N-ethyl adjacent to an activating group) is 2. The smallest absolute Gasteiger partial charge is 0.340 e. The number of carbonyl (C=O) groups excluding carboxylic acids is 1. The van der Waals surface area contributed by atoms with E-state index in [1.165, 1.54) is 35.7 Å². The molecule has 0 aliphatic rings. The van der Waals surface area contributed by atoms with E-state index in [1.54, 1.807) is 0 Å². The molecule has 10 heteroatoms. The van der Waals surface area contributed by atoms with E-state index in [0.29, 0.717) is 35.8 Å². The van der Waals surface area contributed by atoms with Gasteiger partial charge in [-0.25, -0.2) is 13.2 Å². The van der Waals surface area contributed by atoms with Crippen molar-refractivity contribution in [3.05, 3.63) is 40.3 Å². The summed E-state index contributed by atoms with van der Waals surface area (Å²) >= 11 is 0. The largest absolute Gasteiger partial charge is 0.462 e. The fourth-order valence-electron chi connectivity index (χ4n) is 3.14. The van der Waals surface area contributed by atoms with Gasteiger partial charge in [-0.3, -0.25) is 4.79 Å². The van der Waals surface area contributed by atoms with Gasteiger partial charge in [0.2, 0.25) is 10.0 Å². The number of ether oxygens (including phenoxy) is 1. The molecule has 0 fully saturated rings. The average molecular weight is 435 g/mol. The summed E-state index contributed by atoms with van der Waals surface area (Å²) in [5, 5.41) is 0.805. The lowest BCUT2D eigenvalue weighted by Crippen LogP contribution is -2.33. The molecule has 0 saturated carbocycles. The van der Waals surface area contributed by atoms with E-state index in [-0.39, 0.29) is 22.6 Å². The Morgan fingerprint density at radius 3 is 2.57 bits per heavy atom. The number of nitrogens with one attached hydrogen (secondary N) is 2. The van der Waals surface area contributed by atoms with Gasteiger partial charge in [0.15, 0.2) is 0 Å². The maximum atomic E-state index is 13.0. The predicted octanol–water partition coefficient (Wildman–Crippen LogP) is 1.76. The molecule has 1 aromatic carbocycles. The van der Waals surface area contributed by atoms with Crippen LogP contribution in [0.25, 0.3) is 21.8 Å². The Kier molecular flexibility index (Phi) is 6.30. The van der Waals surface area contributed by atoms with E-state index in [4.69, 9.17) is 4.74 Å². The van der Waals surface area contributed by atoms with Crippen molar-refractivity contribution in [1.29, 1.82) is 0 Å². The molecule has 0 amide bonds. The summed E-state index contributed by atoms with van der Waals surface area (Å²) in [5.74, 6) is -0.564. The minimum absolute atomic E-state index is 0.0821. The van der Waals surface area contributed by atoms with Crippen LogP contribution in [-0.2, 0) is 14.8 Å². The standard InChI is InChI=1S/C20H26N4O5S/c1-5-10-29-20(26)15-12-21-18-17(15)14-11-13(6-7-16(14)22-19(18)25)30(27,28)24(4)9-8-23(2)3/h6-7,11-12,21H,5,8-10H2,1-4H3,(H,22,25). The number of benzene rings is 1. The van der Waals surface area contributed by atoms with Crippen LogP contribution < -0.4 is 5.56 Å². The molecule has 0 aliphatic carbocycles. The SMILES string of the molecule is CCCOC(=O)c1c[nH]c2c(=O)[nH]c3ccc(S(=O)(=O)N(C)CCN(C)C)cc3c12. The Labute approximate surface area is 174 Å². The van der Waals surface area contributed by atoms with Gasteiger partial charge in [-0.2, -0.15) is 4.31 Å². The molecule has 0 spiro atoms. The molecule has 2 heterocycles. The molecule has 2 N–H and O–H groups in total. The van der Waals surface area contributed by atoms with Gasteiger partial charge in [-0.15, -0.1) is 0 Å². The summed E-state index contributed by atoms with van der Waals surface area (Å²) in [7, 11) is 1.52. The Morgan fingerprint density at radius 1 is 1.17 bits per heavy atom. The summed E-state index contributed by atoms with van der Waals surface area (Å²) in [4.78, 5) is 32.4. The third-order valence-electron chi connectivity index (χ3n) is 4.84. The third-order valence-corrected chi connectivity index (χ3v) is 6.70. The Hall–Kier alpha value is -2.69. The molecule has 2 aromatic heterocycles. The number of nitrogens with zero attached hydrogens (tertiary/aromatic N) is 2. The number of hydrogen-bond donors (Lipinski definition) is 2. The molecular formula is C20H26N4O5S. The summed E-state index contributed by atoms with van der Waals surface area (Å²) in [6.45, 7) is 3.04. The number of H-pyrrole nitrogens is 2. The van der Waals surface area contributed by atoms with Gasteiger partial charge in [-0.05, 0) is 38.7 Å². The minimum Gasteiger partial charge on any atom is -0.462 e. The molecule has 162 valence electrons. The summed E-state index contributed by atoms with van der Waals surface area (Å²) in [6.07, 6.45) is 2.08. The Balaban J connectivity index is 2.16.